The number of methoxy groups -OCH3 is 1. The van der Waals surface area contributed by atoms with Crippen LogP contribution >= 0.6 is 23.2 Å². The highest BCUT2D eigenvalue weighted by Gasteiger charge is 2.21. The van der Waals surface area contributed by atoms with Gasteiger partial charge in [0.05, 0.1) is 24.6 Å². The molecule has 0 radical (unpaired) electrons. The van der Waals surface area contributed by atoms with E-state index in [-0.39, 0.29) is 12.1 Å². The molecule has 0 saturated heterocycles. The Hall–Kier alpha value is -3.09. The Morgan fingerprint density at radius 2 is 1.81 bits per heavy atom. The fourth-order valence-corrected chi connectivity index (χ4v) is 3.45. The average Bonchev–Trinajstić information content (AvgIpc) is 2.74. The number of carbonyl (C=O) groups is 2. The van der Waals surface area contributed by atoms with Gasteiger partial charge in [0.2, 0.25) is 0 Å². The van der Waals surface area contributed by atoms with Gasteiger partial charge in [-0.25, -0.2) is 4.98 Å². The van der Waals surface area contributed by atoms with Crippen molar-refractivity contribution in [2.45, 2.75) is 19.4 Å². The summed E-state index contributed by atoms with van der Waals surface area (Å²) in [4.78, 5) is 28.7. The van der Waals surface area contributed by atoms with E-state index in [1.54, 1.807) is 36.4 Å². The fraction of sp³-hybridized carbons (Fsp3) is 0.174. The number of carboxylic acids is 1. The van der Waals surface area contributed by atoms with E-state index >= 15 is 0 Å². The van der Waals surface area contributed by atoms with Crippen LogP contribution in [0.4, 0.5) is 0 Å². The SMILES string of the molecule is COc1ccc(C(=O)NC(CC(=O)O)c2ccc(C)cc2)nc1-c1cc(Cl)ccc1Cl. The van der Waals surface area contributed by atoms with Crippen molar-refractivity contribution in [1.82, 2.24) is 10.3 Å². The molecular formula is C23H20Cl2N2O4. The Balaban J connectivity index is 1.95. The van der Waals surface area contributed by atoms with Crippen molar-refractivity contribution in [3.63, 3.8) is 0 Å². The molecule has 31 heavy (non-hydrogen) atoms. The first-order chi connectivity index (χ1) is 14.8. The van der Waals surface area contributed by atoms with Crippen LogP contribution < -0.4 is 10.1 Å². The van der Waals surface area contributed by atoms with Gasteiger partial charge in [-0.1, -0.05) is 53.0 Å². The maximum Gasteiger partial charge on any atom is 0.305 e. The highest BCUT2D eigenvalue weighted by molar-refractivity contribution is 6.35. The molecule has 6 nitrogen and oxygen atoms in total. The van der Waals surface area contributed by atoms with Gasteiger partial charge >= 0.3 is 5.97 Å². The summed E-state index contributed by atoms with van der Waals surface area (Å²) in [5.41, 5.74) is 2.68. The largest absolute Gasteiger partial charge is 0.494 e. The summed E-state index contributed by atoms with van der Waals surface area (Å²) in [5.74, 6) is -1.13. The number of amides is 1. The standard InChI is InChI=1S/C23H20Cl2N2O4/c1-13-3-5-14(6-4-13)19(12-21(28)29)27-23(30)18-9-10-20(31-2)22(26-18)16-11-15(24)7-8-17(16)25/h3-11,19H,12H2,1-2H3,(H,27,30)(H,28,29). The molecule has 2 N–H and O–H groups in total. The number of ether oxygens (including phenoxy) is 1. The predicted octanol–water partition coefficient (Wildman–Crippen LogP) is 5.32. The van der Waals surface area contributed by atoms with Gasteiger partial charge in [-0.2, -0.15) is 0 Å². The Labute approximate surface area is 189 Å². The number of halogens is 2. The van der Waals surface area contributed by atoms with Crippen LogP contribution in [0.5, 0.6) is 5.75 Å². The first-order valence-corrected chi connectivity index (χ1v) is 10.1. The molecule has 1 amide bonds. The lowest BCUT2D eigenvalue weighted by Crippen LogP contribution is -2.31. The molecule has 0 bridgehead atoms. The lowest BCUT2D eigenvalue weighted by atomic mass is 10.0. The molecule has 0 aliphatic heterocycles. The van der Waals surface area contributed by atoms with Crippen LogP contribution in [0.2, 0.25) is 10.0 Å². The van der Waals surface area contributed by atoms with Gasteiger partial charge < -0.3 is 15.2 Å². The molecule has 1 heterocycles. The third-order valence-electron chi connectivity index (χ3n) is 4.66. The van der Waals surface area contributed by atoms with E-state index < -0.39 is 17.9 Å². The molecule has 0 spiro atoms. The van der Waals surface area contributed by atoms with Crippen molar-refractivity contribution in [1.29, 1.82) is 0 Å². The van der Waals surface area contributed by atoms with Crippen LogP contribution in [-0.4, -0.2) is 29.1 Å². The Kier molecular flexibility index (Phi) is 7.15. The van der Waals surface area contributed by atoms with E-state index in [2.05, 4.69) is 10.3 Å². The number of hydrogen-bond acceptors (Lipinski definition) is 4. The summed E-state index contributed by atoms with van der Waals surface area (Å²) in [6, 6.07) is 14.6. The van der Waals surface area contributed by atoms with E-state index in [1.807, 2.05) is 19.1 Å². The maximum absolute atomic E-state index is 12.9. The van der Waals surface area contributed by atoms with E-state index in [4.69, 9.17) is 27.9 Å². The van der Waals surface area contributed by atoms with Crippen molar-refractivity contribution < 1.29 is 19.4 Å². The average molecular weight is 459 g/mol. The molecule has 0 aliphatic rings. The van der Waals surface area contributed by atoms with Crippen molar-refractivity contribution in [3.05, 3.63) is 81.5 Å². The molecule has 0 fully saturated rings. The molecule has 3 rings (SSSR count). The zero-order valence-corrected chi connectivity index (χ0v) is 18.4. The number of carboxylic acid groups (broad SMARTS) is 1. The van der Waals surface area contributed by atoms with Crippen LogP contribution in [-0.2, 0) is 4.79 Å². The van der Waals surface area contributed by atoms with E-state index in [1.165, 1.54) is 13.2 Å². The molecular weight excluding hydrogens is 439 g/mol. The summed E-state index contributed by atoms with van der Waals surface area (Å²) in [6.45, 7) is 1.93. The predicted molar refractivity (Wildman–Crippen MR) is 120 cm³/mol. The maximum atomic E-state index is 12.9. The van der Waals surface area contributed by atoms with Crippen molar-refractivity contribution >= 4 is 35.1 Å². The Morgan fingerprint density at radius 3 is 2.45 bits per heavy atom. The third-order valence-corrected chi connectivity index (χ3v) is 5.22. The van der Waals surface area contributed by atoms with Gasteiger partial charge in [-0.15, -0.1) is 0 Å². The van der Waals surface area contributed by atoms with E-state index in [9.17, 15) is 14.7 Å². The summed E-state index contributed by atoms with van der Waals surface area (Å²) >= 11 is 12.4. The molecule has 1 atom stereocenters. The minimum atomic E-state index is -1.03. The first-order valence-electron chi connectivity index (χ1n) is 9.38. The molecule has 0 saturated carbocycles. The van der Waals surface area contributed by atoms with Crippen LogP contribution in [0.3, 0.4) is 0 Å². The van der Waals surface area contributed by atoms with Gasteiger partial charge in [0, 0.05) is 10.6 Å². The van der Waals surface area contributed by atoms with Crippen LogP contribution in [0, 0.1) is 6.92 Å². The highest BCUT2D eigenvalue weighted by atomic mass is 35.5. The minimum Gasteiger partial charge on any atom is -0.494 e. The van der Waals surface area contributed by atoms with E-state index in [0.717, 1.165) is 5.56 Å². The molecule has 1 unspecified atom stereocenters. The minimum absolute atomic E-state index is 0.0920. The zero-order chi connectivity index (χ0) is 22.5. The van der Waals surface area contributed by atoms with Crippen molar-refractivity contribution in [2.24, 2.45) is 0 Å². The number of benzene rings is 2. The molecule has 3 aromatic rings. The van der Waals surface area contributed by atoms with Crippen LogP contribution in [0.15, 0.2) is 54.6 Å². The van der Waals surface area contributed by atoms with Crippen molar-refractivity contribution in [2.75, 3.05) is 7.11 Å². The van der Waals surface area contributed by atoms with Crippen LogP contribution in [0.25, 0.3) is 11.3 Å². The number of carbonyl (C=O) groups excluding carboxylic acids is 1. The summed E-state index contributed by atoms with van der Waals surface area (Å²) in [7, 11) is 1.49. The smallest absolute Gasteiger partial charge is 0.305 e. The number of aliphatic carboxylic acids is 1. The zero-order valence-electron chi connectivity index (χ0n) is 16.9. The molecule has 1 aromatic heterocycles. The normalized spacial score (nSPS) is 11.6. The molecule has 8 heteroatoms. The summed E-state index contributed by atoms with van der Waals surface area (Å²) < 4.78 is 5.37. The van der Waals surface area contributed by atoms with Gasteiger partial charge in [0.1, 0.15) is 17.1 Å². The Morgan fingerprint density at radius 1 is 1.10 bits per heavy atom. The second-order valence-corrected chi connectivity index (χ2v) is 7.75. The number of hydrogen-bond donors (Lipinski definition) is 2. The number of rotatable bonds is 7. The number of nitrogens with zero attached hydrogens (tertiary/aromatic N) is 1. The number of aromatic nitrogens is 1. The third kappa shape index (κ3) is 5.54. The monoisotopic (exact) mass is 458 g/mol. The van der Waals surface area contributed by atoms with E-state index in [0.29, 0.717) is 32.6 Å². The highest BCUT2D eigenvalue weighted by Crippen LogP contribution is 2.35. The first kappa shape index (κ1) is 22.6. The van der Waals surface area contributed by atoms with Gasteiger partial charge in [0.25, 0.3) is 5.91 Å². The lowest BCUT2D eigenvalue weighted by molar-refractivity contribution is -0.137. The van der Waals surface area contributed by atoms with Crippen LogP contribution in [0.1, 0.15) is 34.1 Å². The Bertz CT molecular complexity index is 1120. The summed E-state index contributed by atoms with van der Waals surface area (Å²) in [5, 5.41) is 12.9. The molecule has 2 aromatic carbocycles. The van der Waals surface area contributed by atoms with Gasteiger partial charge in [0.15, 0.2) is 0 Å². The van der Waals surface area contributed by atoms with Gasteiger partial charge in [-0.3, -0.25) is 9.59 Å². The second-order valence-electron chi connectivity index (χ2n) is 6.91. The second kappa shape index (κ2) is 9.81. The number of aryl methyl sites for hydroxylation is 1. The quantitative estimate of drug-likeness (QED) is 0.500. The molecule has 160 valence electrons. The fourth-order valence-electron chi connectivity index (χ4n) is 3.07. The molecule has 0 aliphatic carbocycles. The summed E-state index contributed by atoms with van der Waals surface area (Å²) in [6.07, 6.45) is -0.266. The topological polar surface area (TPSA) is 88.5 Å². The number of nitrogens with one attached hydrogen (secondary N) is 1. The number of pyridine rings is 1. The van der Waals surface area contributed by atoms with Crippen molar-refractivity contribution in [3.8, 4) is 17.0 Å². The lowest BCUT2D eigenvalue weighted by Gasteiger charge is -2.18. The van der Waals surface area contributed by atoms with Gasteiger partial charge in [-0.05, 0) is 42.8 Å².